The molecule has 0 saturated heterocycles. The van der Waals surface area contributed by atoms with Gasteiger partial charge in [0.2, 0.25) is 0 Å². The van der Waals surface area contributed by atoms with Gasteiger partial charge in [0.15, 0.2) is 8.24 Å². The number of nitrogens with zero attached hydrogens (tertiary/aromatic N) is 1. The first kappa shape index (κ1) is 16.8. The van der Waals surface area contributed by atoms with Crippen molar-refractivity contribution in [1.82, 2.24) is 0 Å². The second-order valence-electron chi connectivity index (χ2n) is 5.73. The zero-order chi connectivity index (χ0) is 16.1. The van der Waals surface area contributed by atoms with Crippen LogP contribution in [0.4, 0.5) is 0 Å². The van der Waals surface area contributed by atoms with Crippen molar-refractivity contribution in [2.24, 2.45) is 4.41 Å². The highest BCUT2D eigenvalue weighted by molar-refractivity contribution is 7.53. The fraction of sp³-hybridized carbons (Fsp3) is 0.250. The van der Waals surface area contributed by atoms with E-state index in [1.54, 1.807) is 7.11 Å². The number of rotatable bonds is 6. The Hall–Kier alpha value is -1.55. The molecule has 2 rings (SSSR count). The third-order valence-corrected chi connectivity index (χ3v) is 7.31. The van der Waals surface area contributed by atoms with Crippen molar-refractivity contribution in [2.75, 3.05) is 7.11 Å². The molecule has 0 N–H and O–H groups in total. The van der Waals surface area contributed by atoms with Gasteiger partial charge in [0.1, 0.15) is 11.5 Å². The Bertz CT molecular complexity index is 596. The van der Waals surface area contributed by atoms with Crippen LogP contribution in [0.2, 0.25) is 19.6 Å². The summed E-state index contributed by atoms with van der Waals surface area (Å²) in [5, 5.41) is 0. The van der Waals surface area contributed by atoms with E-state index in [9.17, 15) is 0 Å². The summed E-state index contributed by atoms with van der Waals surface area (Å²) in [6, 6.07) is 19.0. The molecule has 6 heteroatoms. The molecule has 0 amide bonds. The van der Waals surface area contributed by atoms with Gasteiger partial charge in [0.25, 0.3) is 0 Å². The standard InChI is InChI=1S/C16H22NO3PSi/c1-18-21(17-22(2,3)4,19-15-11-7-5-8-12-15)20-16-13-9-6-10-14-16/h5-14H,1-4H3. The maximum atomic E-state index is 6.07. The molecule has 4 nitrogen and oxygen atoms in total. The smallest absolute Gasteiger partial charge is 0.411 e. The Kier molecular flexibility index (Phi) is 5.45. The van der Waals surface area contributed by atoms with Gasteiger partial charge in [-0.15, -0.1) is 0 Å². The molecule has 0 aliphatic heterocycles. The van der Waals surface area contributed by atoms with Crippen LogP contribution in [-0.4, -0.2) is 15.3 Å². The monoisotopic (exact) mass is 335 g/mol. The van der Waals surface area contributed by atoms with Crippen molar-refractivity contribution in [2.45, 2.75) is 19.6 Å². The van der Waals surface area contributed by atoms with E-state index in [0.29, 0.717) is 11.5 Å². The molecular formula is C16H22NO3PSi. The van der Waals surface area contributed by atoms with E-state index >= 15 is 0 Å². The van der Waals surface area contributed by atoms with Crippen LogP contribution in [0.5, 0.6) is 11.5 Å². The van der Waals surface area contributed by atoms with Gasteiger partial charge in [-0.1, -0.05) is 36.4 Å². The topological polar surface area (TPSA) is 40.0 Å². The Labute approximate surface area is 133 Å². The summed E-state index contributed by atoms with van der Waals surface area (Å²) in [4.78, 5) is 0. The van der Waals surface area contributed by atoms with E-state index in [2.05, 4.69) is 19.6 Å². The van der Waals surface area contributed by atoms with Crippen LogP contribution in [0.15, 0.2) is 65.1 Å². The lowest BCUT2D eigenvalue weighted by atomic mass is 10.3. The highest BCUT2D eigenvalue weighted by Gasteiger charge is 2.30. The Morgan fingerprint density at radius 1 is 0.773 bits per heavy atom. The Morgan fingerprint density at radius 2 is 1.18 bits per heavy atom. The van der Waals surface area contributed by atoms with Gasteiger partial charge < -0.3 is 9.05 Å². The molecule has 0 heterocycles. The molecule has 0 fully saturated rings. The molecule has 0 saturated carbocycles. The lowest BCUT2D eigenvalue weighted by Crippen LogP contribution is -2.19. The molecule has 0 unspecified atom stereocenters. The van der Waals surface area contributed by atoms with Crippen LogP contribution in [0.1, 0.15) is 0 Å². The second kappa shape index (κ2) is 7.14. The van der Waals surface area contributed by atoms with Crippen LogP contribution in [0.25, 0.3) is 0 Å². The molecular weight excluding hydrogens is 313 g/mol. The Morgan fingerprint density at radius 3 is 1.50 bits per heavy atom. The normalized spacial score (nSPS) is 11.8. The van der Waals surface area contributed by atoms with Crippen molar-refractivity contribution < 1.29 is 13.6 Å². The minimum absolute atomic E-state index is 0.690. The van der Waals surface area contributed by atoms with E-state index in [4.69, 9.17) is 18.0 Å². The van der Waals surface area contributed by atoms with Crippen LogP contribution in [-0.2, 0) is 4.52 Å². The first-order valence-corrected chi connectivity index (χ1v) is 12.1. The SMILES string of the molecule is COP(=N[Si](C)(C)C)(Oc1ccccc1)Oc1ccccc1. The highest BCUT2D eigenvalue weighted by atomic mass is 31.2. The molecule has 2 aromatic rings. The summed E-state index contributed by atoms with van der Waals surface area (Å²) in [6.45, 7) is 6.39. The van der Waals surface area contributed by atoms with Crippen LogP contribution in [0, 0.1) is 0 Å². The number of hydrogen-bond acceptors (Lipinski definition) is 4. The molecule has 118 valence electrons. The predicted molar refractivity (Wildman–Crippen MR) is 93.8 cm³/mol. The molecule has 0 spiro atoms. The number of hydrogen-bond donors (Lipinski definition) is 0. The zero-order valence-electron chi connectivity index (χ0n) is 13.4. The molecule has 0 radical (unpaired) electrons. The molecule has 0 aliphatic carbocycles. The van der Waals surface area contributed by atoms with Gasteiger partial charge in [-0.25, -0.2) is 4.41 Å². The van der Waals surface area contributed by atoms with Crippen molar-refractivity contribution >= 4 is 16.0 Å². The average Bonchev–Trinajstić information content (AvgIpc) is 2.47. The molecule has 0 bridgehead atoms. The lowest BCUT2D eigenvalue weighted by molar-refractivity contribution is 0.308. The molecule has 0 atom stereocenters. The van der Waals surface area contributed by atoms with Gasteiger partial charge in [0.05, 0.1) is 0 Å². The third kappa shape index (κ3) is 5.02. The quantitative estimate of drug-likeness (QED) is 0.511. The number of benzene rings is 2. The first-order valence-electron chi connectivity index (χ1n) is 7.11. The van der Waals surface area contributed by atoms with Crippen molar-refractivity contribution in [3.05, 3.63) is 60.7 Å². The van der Waals surface area contributed by atoms with E-state index in [0.717, 1.165) is 0 Å². The summed E-state index contributed by atoms with van der Waals surface area (Å²) in [6.07, 6.45) is 0. The predicted octanol–water partition coefficient (Wildman–Crippen LogP) is 5.57. The van der Waals surface area contributed by atoms with E-state index in [-0.39, 0.29) is 0 Å². The van der Waals surface area contributed by atoms with Crippen molar-refractivity contribution in [3.63, 3.8) is 0 Å². The summed E-state index contributed by atoms with van der Waals surface area (Å²) in [7, 11) is -3.09. The molecule has 0 aliphatic rings. The Balaban J connectivity index is 2.41. The van der Waals surface area contributed by atoms with Gasteiger partial charge in [-0.2, -0.15) is 0 Å². The van der Waals surface area contributed by atoms with Gasteiger partial charge in [-0.05, 0) is 43.9 Å². The van der Waals surface area contributed by atoms with Crippen LogP contribution < -0.4 is 9.05 Å². The van der Waals surface area contributed by atoms with Crippen LogP contribution >= 0.6 is 7.74 Å². The maximum absolute atomic E-state index is 6.07. The van der Waals surface area contributed by atoms with E-state index < -0.39 is 16.0 Å². The molecule has 0 aromatic heterocycles. The molecule has 22 heavy (non-hydrogen) atoms. The van der Waals surface area contributed by atoms with Crippen LogP contribution in [0.3, 0.4) is 0 Å². The lowest BCUT2D eigenvalue weighted by Gasteiger charge is -2.26. The second-order valence-corrected chi connectivity index (χ2v) is 12.5. The van der Waals surface area contributed by atoms with Gasteiger partial charge in [0, 0.05) is 7.11 Å². The fourth-order valence-corrected chi connectivity index (χ4v) is 6.33. The summed E-state index contributed by atoms with van der Waals surface area (Å²) in [5.41, 5.74) is 0. The summed E-state index contributed by atoms with van der Waals surface area (Å²) < 4.78 is 22.6. The van der Waals surface area contributed by atoms with Crippen molar-refractivity contribution in [3.8, 4) is 11.5 Å². The summed E-state index contributed by atoms with van der Waals surface area (Å²) >= 11 is 0. The number of para-hydroxylation sites is 2. The first-order chi connectivity index (χ1) is 10.4. The largest absolute Gasteiger partial charge is 0.456 e. The zero-order valence-corrected chi connectivity index (χ0v) is 15.3. The minimum atomic E-state index is -2.86. The van der Waals surface area contributed by atoms with Gasteiger partial charge in [-0.3, -0.25) is 4.52 Å². The van der Waals surface area contributed by atoms with E-state index in [1.807, 2.05) is 60.7 Å². The fourth-order valence-electron chi connectivity index (χ4n) is 1.77. The molecule has 2 aromatic carbocycles. The van der Waals surface area contributed by atoms with E-state index in [1.165, 1.54) is 0 Å². The summed E-state index contributed by atoms with van der Waals surface area (Å²) in [5.74, 6) is 1.38. The van der Waals surface area contributed by atoms with Gasteiger partial charge >= 0.3 is 7.74 Å². The average molecular weight is 335 g/mol. The maximum Gasteiger partial charge on any atom is 0.456 e. The third-order valence-electron chi connectivity index (χ3n) is 2.58. The highest BCUT2D eigenvalue weighted by Crippen LogP contribution is 2.53. The minimum Gasteiger partial charge on any atom is -0.411 e. The van der Waals surface area contributed by atoms with Crippen molar-refractivity contribution in [1.29, 1.82) is 0 Å².